The fourth-order valence-corrected chi connectivity index (χ4v) is 3.24. The van der Waals surface area contributed by atoms with E-state index in [0.29, 0.717) is 24.3 Å². The summed E-state index contributed by atoms with van der Waals surface area (Å²) in [5.74, 6) is -0.196. The van der Waals surface area contributed by atoms with Gasteiger partial charge in [0, 0.05) is 18.2 Å². The molecule has 1 saturated heterocycles. The average Bonchev–Trinajstić information content (AvgIpc) is 2.96. The molecular weight excluding hydrogens is 246 g/mol. The van der Waals surface area contributed by atoms with Crippen LogP contribution >= 0.6 is 0 Å². The van der Waals surface area contributed by atoms with Crippen LogP contribution in [0.1, 0.15) is 41.1 Å². The number of aromatic carboxylic acids is 1. The van der Waals surface area contributed by atoms with E-state index < -0.39 is 5.97 Å². The topological polar surface area (TPSA) is 62.9 Å². The fraction of sp³-hybridized carbons (Fsp3) is 0.643. The van der Waals surface area contributed by atoms with Gasteiger partial charge in [-0.2, -0.15) is 0 Å². The van der Waals surface area contributed by atoms with E-state index in [-0.39, 0.29) is 5.76 Å². The second-order valence-corrected chi connectivity index (χ2v) is 5.41. The van der Waals surface area contributed by atoms with Crippen LogP contribution < -0.4 is 0 Å². The number of carboxylic acid groups (broad SMARTS) is 1. The molecule has 1 N–H and O–H groups in total. The largest absolute Gasteiger partial charge is 0.475 e. The summed E-state index contributed by atoms with van der Waals surface area (Å²) >= 11 is 0. The summed E-state index contributed by atoms with van der Waals surface area (Å²) in [5.41, 5.74) is 0.693. The van der Waals surface area contributed by atoms with E-state index in [2.05, 4.69) is 4.90 Å². The number of hydrogen-bond donors (Lipinski definition) is 1. The average molecular weight is 265 g/mol. The van der Waals surface area contributed by atoms with Crippen LogP contribution in [0.2, 0.25) is 0 Å². The molecule has 1 aliphatic heterocycles. The molecule has 5 nitrogen and oxygen atoms in total. The lowest BCUT2D eigenvalue weighted by molar-refractivity contribution is -0.0607. The summed E-state index contributed by atoms with van der Waals surface area (Å²) in [7, 11) is 0. The second kappa shape index (κ2) is 4.98. The van der Waals surface area contributed by atoms with Crippen LogP contribution in [0, 0.1) is 6.92 Å². The van der Waals surface area contributed by atoms with Crippen LogP contribution in [0.5, 0.6) is 0 Å². The summed E-state index contributed by atoms with van der Waals surface area (Å²) in [6, 6.07) is 2.30. The van der Waals surface area contributed by atoms with E-state index in [1.54, 1.807) is 6.92 Å². The van der Waals surface area contributed by atoms with Gasteiger partial charge in [-0.3, -0.25) is 4.90 Å². The number of rotatable bonds is 3. The van der Waals surface area contributed by atoms with Crippen molar-refractivity contribution in [2.45, 2.75) is 44.9 Å². The highest BCUT2D eigenvalue weighted by Gasteiger charge is 2.36. The third-order valence-corrected chi connectivity index (χ3v) is 4.12. The Labute approximate surface area is 112 Å². The fourth-order valence-electron chi connectivity index (χ4n) is 3.24. The highest BCUT2D eigenvalue weighted by atomic mass is 16.5. The maximum absolute atomic E-state index is 11.0. The number of carboxylic acids is 1. The van der Waals surface area contributed by atoms with Crippen LogP contribution in [-0.4, -0.2) is 41.3 Å². The van der Waals surface area contributed by atoms with Gasteiger partial charge in [-0.15, -0.1) is 0 Å². The van der Waals surface area contributed by atoms with E-state index in [4.69, 9.17) is 14.3 Å². The van der Waals surface area contributed by atoms with Crippen molar-refractivity contribution in [1.29, 1.82) is 0 Å². The van der Waals surface area contributed by atoms with Crippen molar-refractivity contribution < 1.29 is 19.1 Å². The van der Waals surface area contributed by atoms with Gasteiger partial charge in [0.15, 0.2) is 0 Å². The Morgan fingerprint density at radius 2 is 2.37 bits per heavy atom. The summed E-state index contributed by atoms with van der Waals surface area (Å²) in [6.07, 6.45) is 3.86. The van der Waals surface area contributed by atoms with Crippen LogP contribution in [0.25, 0.3) is 0 Å². The Balaban J connectivity index is 1.73. The van der Waals surface area contributed by atoms with Gasteiger partial charge in [0.05, 0.1) is 19.3 Å². The molecule has 0 amide bonds. The van der Waals surface area contributed by atoms with Crippen LogP contribution in [-0.2, 0) is 11.3 Å². The Bertz CT molecular complexity index is 482. The first kappa shape index (κ1) is 12.7. The third-order valence-electron chi connectivity index (χ3n) is 4.12. The molecule has 1 aliphatic carbocycles. The molecule has 3 rings (SSSR count). The van der Waals surface area contributed by atoms with Gasteiger partial charge >= 0.3 is 5.97 Å². The van der Waals surface area contributed by atoms with Gasteiger partial charge in [-0.1, -0.05) is 0 Å². The lowest BCUT2D eigenvalue weighted by atomic mass is 10.1. The Morgan fingerprint density at radius 1 is 1.53 bits per heavy atom. The molecule has 2 aliphatic rings. The van der Waals surface area contributed by atoms with Gasteiger partial charge < -0.3 is 14.3 Å². The van der Waals surface area contributed by atoms with Gasteiger partial charge in [0.2, 0.25) is 5.76 Å². The van der Waals surface area contributed by atoms with Gasteiger partial charge in [0.25, 0.3) is 0 Å². The number of nitrogens with zero attached hydrogens (tertiary/aromatic N) is 1. The predicted molar refractivity (Wildman–Crippen MR) is 68.2 cm³/mol. The molecule has 0 aromatic carbocycles. The molecule has 2 unspecified atom stereocenters. The monoisotopic (exact) mass is 265 g/mol. The molecule has 2 atom stereocenters. The second-order valence-electron chi connectivity index (χ2n) is 5.41. The molecule has 1 aromatic heterocycles. The van der Waals surface area contributed by atoms with Crippen molar-refractivity contribution in [3.05, 3.63) is 23.2 Å². The normalized spacial score (nSPS) is 27.4. The zero-order chi connectivity index (χ0) is 13.4. The standard InChI is InChI=1S/C14H19NO4/c1-9-7-10(19-13(9)14(16)17)8-15-5-6-18-12-4-2-3-11(12)15/h7,11-12H,2-6,8H2,1H3,(H,16,17). The number of furan rings is 1. The third kappa shape index (κ3) is 2.40. The molecule has 5 heteroatoms. The highest BCUT2D eigenvalue weighted by Crippen LogP contribution is 2.31. The molecule has 0 spiro atoms. The number of fused-ring (bicyclic) bond motifs is 1. The van der Waals surface area contributed by atoms with Gasteiger partial charge in [0.1, 0.15) is 5.76 Å². The molecule has 1 saturated carbocycles. The predicted octanol–water partition coefficient (Wildman–Crippen LogP) is 2.04. The van der Waals surface area contributed by atoms with Gasteiger partial charge in [-0.05, 0) is 32.3 Å². The minimum Gasteiger partial charge on any atom is -0.475 e. The summed E-state index contributed by atoms with van der Waals surface area (Å²) in [5, 5.41) is 9.01. The van der Waals surface area contributed by atoms with Crippen LogP contribution in [0.3, 0.4) is 0 Å². The summed E-state index contributed by atoms with van der Waals surface area (Å²) < 4.78 is 11.2. The van der Waals surface area contributed by atoms with E-state index in [1.165, 1.54) is 6.42 Å². The van der Waals surface area contributed by atoms with E-state index in [1.807, 2.05) is 6.07 Å². The lowest BCUT2D eigenvalue weighted by Crippen LogP contribution is -2.47. The van der Waals surface area contributed by atoms with Crippen LogP contribution in [0.4, 0.5) is 0 Å². The molecule has 19 heavy (non-hydrogen) atoms. The maximum atomic E-state index is 11.0. The first-order chi connectivity index (χ1) is 9.15. The minimum absolute atomic E-state index is 0.0613. The number of morpholine rings is 1. The van der Waals surface area contributed by atoms with Crippen molar-refractivity contribution in [3.63, 3.8) is 0 Å². The molecule has 2 fully saturated rings. The van der Waals surface area contributed by atoms with Gasteiger partial charge in [-0.25, -0.2) is 4.79 Å². The minimum atomic E-state index is -0.996. The number of aryl methyl sites for hydroxylation is 1. The smallest absolute Gasteiger partial charge is 0.372 e. The molecule has 0 radical (unpaired) electrons. The van der Waals surface area contributed by atoms with Crippen LogP contribution in [0.15, 0.2) is 10.5 Å². The first-order valence-electron chi connectivity index (χ1n) is 6.83. The summed E-state index contributed by atoms with van der Waals surface area (Å²) in [4.78, 5) is 13.3. The number of hydrogen-bond acceptors (Lipinski definition) is 4. The molecule has 2 heterocycles. The Kier molecular flexibility index (Phi) is 3.33. The quantitative estimate of drug-likeness (QED) is 0.906. The molecular formula is C14H19NO4. The van der Waals surface area contributed by atoms with Crippen molar-refractivity contribution in [2.24, 2.45) is 0 Å². The maximum Gasteiger partial charge on any atom is 0.372 e. The zero-order valence-electron chi connectivity index (χ0n) is 11.1. The number of carbonyl (C=O) groups is 1. The Hall–Kier alpha value is -1.33. The van der Waals surface area contributed by atoms with E-state index >= 15 is 0 Å². The van der Waals surface area contributed by atoms with Crippen molar-refractivity contribution in [2.75, 3.05) is 13.2 Å². The molecule has 104 valence electrons. The Morgan fingerprint density at radius 3 is 3.11 bits per heavy atom. The number of ether oxygens (including phenoxy) is 1. The molecule has 1 aromatic rings. The van der Waals surface area contributed by atoms with Crippen molar-refractivity contribution >= 4 is 5.97 Å². The first-order valence-corrected chi connectivity index (χ1v) is 6.83. The van der Waals surface area contributed by atoms with E-state index in [9.17, 15) is 4.79 Å². The highest BCUT2D eigenvalue weighted by molar-refractivity contribution is 5.86. The van der Waals surface area contributed by atoms with E-state index in [0.717, 1.165) is 31.8 Å². The van der Waals surface area contributed by atoms with Crippen molar-refractivity contribution in [3.8, 4) is 0 Å². The lowest BCUT2D eigenvalue weighted by Gasteiger charge is -2.37. The molecule has 0 bridgehead atoms. The zero-order valence-corrected chi connectivity index (χ0v) is 11.1. The summed E-state index contributed by atoms with van der Waals surface area (Å²) in [6.45, 7) is 4.10. The van der Waals surface area contributed by atoms with Crippen molar-refractivity contribution in [1.82, 2.24) is 4.90 Å². The SMILES string of the molecule is Cc1cc(CN2CCOC3CCCC32)oc1C(=O)O.